The highest BCUT2D eigenvalue weighted by Gasteiger charge is 2.22. The van der Waals surface area contributed by atoms with E-state index in [-0.39, 0.29) is 0 Å². The van der Waals surface area contributed by atoms with E-state index in [4.69, 9.17) is 23.8 Å². The Morgan fingerprint density at radius 2 is 1.75 bits per heavy atom. The first-order valence-corrected chi connectivity index (χ1v) is 9.93. The van der Waals surface area contributed by atoms with E-state index in [1.165, 1.54) is 44.9 Å². The Kier molecular flexibility index (Phi) is 6.55. The van der Waals surface area contributed by atoms with Gasteiger partial charge in [0.25, 0.3) is 0 Å². The maximum atomic E-state index is 6.26. The maximum Gasteiger partial charge on any atom is 0.169 e. The predicted molar refractivity (Wildman–Crippen MR) is 105 cm³/mol. The molecule has 0 radical (unpaired) electrons. The molecule has 1 saturated heterocycles. The van der Waals surface area contributed by atoms with Crippen molar-refractivity contribution in [2.45, 2.75) is 51.0 Å². The van der Waals surface area contributed by atoms with Crippen molar-refractivity contribution < 1.29 is 0 Å². The normalized spacial score (nSPS) is 20.4. The van der Waals surface area contributed by atoms with E-state index in [2.05, 4.69) is 20.1 Å². The summed E-state index contributed by atoms with van der Waals surface area (Å²) in [5.41, 5.74) is 0. The van der Waals surface area contributed by atoms with E-state index < -0.39 is 0 Å². The molecule has 1 aliphatic carbocycles. The first-order valence-electron chi connectivity index (χ1n) is 9.15. The van der Waals surface area contributed by atoms with Gasteiger partial charge in [0.05, 0.1) is 5.02 Å². The number of nitrogens with zero attached hydrogens (tertiary/aromatic N) is 3. The number of anilines is 1. The zero-order valence-corrected chi connectivity index (χ0v) is 15.8. The molecule has 24 heavy (non-hydrogen) atoms. The van der Waals surface area contributed by atoms with Crippen molar-refractivity contribution in [1.29, 1.82) is 0 Å². The van der Waals surface area contributed by atoms with Crippen molar-refractivity contribution in [2.75, 3.05) is 31.1 Å². The molecule has 0 unspecified atom stereocenters. The molecule has 0 atom stereocenters. The van der Waals surface area contributed by atoms with Crippen LogP contribution in [-0.4, -0.2) is 47.2 Å². The summed E-state index contributed by atoms with van der Waals surface area (Å²) < 4.78 is 0. The number of halogens is 1. The van der Waals surface area contributed by atoms with Gasteiger partial charge in [0.2, 0.25) is 0 Å². The fourth-order valence-electron chi connectivity index (χ4n) is 3.60. The third-order valence-corrected chi connectivity index (χ3v) is 5.71. The third-order valence-electron chi connectivity index (χ3n) is 5.04. The van der Waals surface area contributed by atoms with Crippen molar-refractivity contribution in [3.63, 3.8) is 0 Å². The molecule has 1 N–H and O–H groups in total. The van der Waals surface area contributed by atoms with E-state index in [9.17, 15) is 0 Å². The average molecular weight is 367 g/mol. The number of aromatic nitrogens is 1. The van der Waals surface area contributed by atoms with Gasteiger partial charge in [0.15, 0.2) is 5.11 Å². The van der Waals surface area contributed by atoms with Crippen LogP contribution in [0, 0.1) is 0 Å². The molecule has 0 aromatic carbocycles. The third kappa shape index (κ3) is 4.73. The summed E-state index contributed by atoms with van der Waals surface area (Å²) in [5.74, 6) is 0.887. The van der Waals surface area contributed by atoms with Crippen molar-refractivity contribution in [3.05, 3.63) is 23.4 Å². The Morgan fingerprint density at radius 3 is 2.42 bits per heavy atom. The number of piperazine rings is 1. The van der Waals surface area contributed by atoms with Gasteiger partial charge in [-0.25, -0.2) is 4.98 Å². The van der Waals surface area contributed by atoms with Crippen LogP contribution in [0.4, 0.5) is 5.82 Å². The highest BCUT2D eigenvalue weighted by Crippen LogP contribution is 2.23. The molecule has 4 nitrogen and oxygen atoms in total. The second-order valence-electron chi connectivity index (χ2n) is 6.77. The fraction of sp³-hybridized carbons (Fsp3) is 0.667. The smallest absolute Gasteiger partial charge is 0.169 e. The molecule has 132 valence electrons. The molecule has 1 aromatic heterocycles. The van der Waals surface area contributed by atoms with Crippen LogP contribution in [0.15, 0.2) is 18.3 Å². The molecule has 0 spiro atoms. The topological polar surface area (TPSA) is 31.4 Å². The Labute approximate surface area is 155 Å². The van der Waals surface area contributed by atoms with Gasteiger partial charge >= 0.3 is 0 Å². The lowest BCUT2D eigenvalue weighted by Crippen LogP contribution is -2.53. The van der Waals surface area contributed by atoms with Crippen molar-refractivity contribution >= 4 is 34.7 Å². The number of thiocarbonyl (C=S) groups is 1. The monoisotopic (exact) mass is 366 g/mol. The van der Waals surface area contributed by atoms with Gasteiger partial charge in [-0.3, -0.25) is 0 Å². The first-order chi connectivity index (χ1) is 11.7. The molecular weight excluding hydrogens is 340 g/mol. The van der Waals surface area contributed by atoms with Gasteiger partial charge in [-0.05, 0) is 37.2 Å². The highest BCUT2D eigenvalue weighted by molar-refractivity contribution is 7.80. The lowest BCUT2D eigenvalue weighted by molar-refractivity contribution is 0.360. The van der Waals surface area contributed by atoms with Crippen LogP contribution < -0.4 is 10.2 Å². The summed E-state index contributed by atoms with van der Waals surface area (Å²) in [7, 11) is 0. The summed E-state index contributed by atoms with van der Waals surface area (Å²) >= 11 is 11.9. The molecule has 2 aliphatic rings. The maximum absolute atomic E-state index is 6.26. The molecule has 1 aromatic rings. The van der Waals surface area contributed by atoms with Crippen LogP contribution in [0.1, 0.15) is 44.9 Å². The lowest BCUT2D eigenvalue weighted by atomic mass is 9.97. The number of nitrogens with one attached hydrogen (secondary N) is 1. The zero-order chi connectivity index (χ0) is 16.8. The lowest BCUT2D eigenvalue weighted by Gasteiger charge is -2.38. The molecule has 2 fully saturated rings. The van der Waals surface area contributed by atoms with E-state index in [0.717, 1.165) is 42.1 Å². The second kappa shape index (κ2) is 8.86. The Bertz CT molecular complexity index is 538. The molecule has 0 bridgehead atoms. The number of hydrogen-bond acceptors (Lipinski definition) is 3. The zero-order valence-electron chi connectivity index (χ0n) is 14.2. The van der Waals surface area contributed by atoms with E-state index in [1.54, 1.807) is 6.20 Å². The van der Waals surface area contributed by atoms with Crippen LogP contribution in [0.5, 0.6) is 0 Å². The summed E-state index contributed by atoms with van der Waals surface area (Å²) in [6.07, 6.45) is 11.1. The second-order valence-corrected chi connectivity index (χ2v) is 7.57. The highest BCUT2D eigenvalue weighted by atomic mass is 35.5. The van der Waals surface area contributed by atoms with Gasteiger partial charge < -0.3 is 15.1 Å². The quantitative estimate of drug-likeness (QED) is 0.803. The van der Waals surface area contributed by atoms with Crippen molar-refractivity contribution in [2.24, 2.45) is 0 Å². The fourth-order valence-corrected chi connectivity index (χ4v) is 4.19. The van der Waals surface area contributed by atoms with E-state index in [1.807, 2.05) is 12.1 Å². The van der Waals surface area contributed by atoms with Crippen LogP contribution >= 0.6 is 23.8 Å². The van der Waals surface area contributed by atoms with Gasteiger partial charge in [-0.2, -0.15) is 0 Å². The molecule has 1 aliphatic heterocycles. The molecular formula is C18H27ClN4S. The van der Waals surface area contributed by atoms with Gasteiger partial charge in [0.1, 0.15) is 5.82 Å². The molecule has 0 amide bonds. The van der Waals surface area contributed by atoms with Crippen LogP contribution in [0.25, 0.3) is 0 Å². The van der Waals surface area contributed by atoms with E-state index in [0.29, 0.717) is 6.04 Å². The average Bonchev–Trinajstić information content (AvgIpc) is 2.58. The number of pyridine rings is 1. The van der Waals surface area contributed by atoms with Gasteiger partial charge in [-0.15, -0.1) is 0 Å². The van der Waals surface area contributed by atoms with Crippen molar-refractivity contribution in [1.82, 2.24) is 15.2 Å². The van der Waals surface area contributed by atoms with E-state index >= 15 is 0 Å². The van der Waals surface area contributed by atoms with Crippen molar-refractivity contribution in [3.8, 4) is 0 Å². The minimum Gasteiger partial charge on any atom is -0.360 e. The van der Waals surface area contributed by atoms with Gasteiger partial charge in [0, 0.05) is 38.4 Å². The summed E-state index contributed by atoms with van der Waals surface area (Å²) in [4.78, 5) is 8.95. The largest absolute Gasteiger partial charge is 0.360 e. The summed E-state index contributed by atoms with van der Waals surface area (Å²) in [5, 5.41) is 5.27. The number of hydrogen-bond donors (Lipinski definition) is 1. The first kappa shape index (κ1) is 17.7. The Morgan fingerprint density at radius 1 is 1.08 bits per heavy atom. The minimum absolute atomic E-state index is 0.557. The molecule has 1 saturated carbocycles. The summed E-state index contributed by atoms with van der Waals surface area (Å²) in [6, 6.07) is 4.33. The molecule has 2 heterocycles. The predicted octanol–water partition coefficient (Wildman–Crippen LogP) is 3.84. The van der Waals surface area contributed by atoms with Crippen LogP contribution in [0.3, 0.4) is 0 Å². The molecule has 6 heteroatoms. The Balaban J connectivity index is 1.49. The van der Waals surface area contributed by atoms with Crippen LogP contribution in [-0.2, 0) is 0 Å². The minimum atomic E-state index is 0.557. The number of rotatable bonds is 2. The Hall–Kier alpha value is -1.07. The van der Waals surface area contributed by atoms with Gasteiger partial charge in [-0.1, -0.05) is 43.7 Å². The summed E-state index contributed by atoms with van der Waals surface area (Å²) in [6.45, 7) is 3.66. The standard InChI is InChI=1S/C18H27ClN4S/c19-16-9-6-10-20-17(16)22-11-13-23(14-12-22)18(24)21-15-7-4-2-1-3-5-8-15/h6,9-10,15H,1-5,7-8,11-14H2,(H,21,24). The molecule has 3 rings (SSSR count). The van der Waals surface area contributed by atoms with Crippen LogP contribution in [0.2, 0.25) is 5.02 Å². The SMILES string of the molecule is S=C(NC1CCCCCCC1)N1CCN(c2ncccc2Cl)CC1.